The molecule has 3 aromatic heterocycles. The first kappa shape index (κ1) is 21.2. The van der Waals surface area contributed by atoms with Crippen LogP contribution in [-0.2, 0) is 0 Å². The lowest BCUT2D eigenvalue weighted by Gasteiger charge is -2.20. The minimum atomic E-state index is -0.272. The number of aliphatic hydroxyl groups excluding tert-OH is 2. The van der Waals surface area contributed by atoms with E-state index in [0.29, 0.717) is 48.6 Å². The Kier molecular flexibility index (Phi) is 6.42. The molecule has 0 aliphatic carbocycles. The van der Waals surface area contributed by atoms with Crippen molar-refractivity contribution >= 4 is 39.2 Å². The van der Waals surface area contributed by atoms with Gasteiger partial charge in [0.15, 0.2) is 5.69 Å². The van der Waals surface area contributed by atoms with Gasteiger partial charge >= 0.3 is 0 Å². The summed E-state index contributed by atoms with van der Waals surface area (Å²) in [6, 6.07) is 7.10. The van der Waals surface area contributed by atoms with Crippen molar-refractivity contribution in [1.82, 2.24) is 25.2 Å². The van der Waals surface area contributed by atoms with E-state index in [1.165, 1.54) is 11.3 Å². The average Bonchev–Trinajstić information content (AvgIpc) is 3.38. The molecule has 9 nitrogen and oxygen atoms in total. The van der Waals surface area contributed by atoms with Crippen molar-refractivity contribution in [2.45, 2.75) is 0 Å². The van der Waals surface area contributed by atoms with Crippen molar-refractivity contribution in [1.29, 1.82) is 0 Å². The number of aliphatic hydroxyl groups is 2. The Morgan fingerprint density at radius 1 is 1.06 bits per heavy atom. The van der Waals surface area contributed by atoms with Gasteiger partial charge in [0.05, 0.1) is 29.9 Å². The third kappa shape index (κ3) is 4.67. The van der Waals surface area contributed by atoms with Crippen LogP contribution in [0, 0.1) is 0 Å². The van der Waals surface area contributed by atoms with Gasteiger partial charge < -0.3 is 25.5 Å². The Balaban J connectivity index is 1.50. The van der Waals surface area contributed by atoms with Gasteiger partial charge in [-0.3, -0.25) is 14.5 Å². The normalized spacial score (nSPS) is 11.6. The van der Waals surface area contributed by atoms with E-state index in [9.17, 15) is 9.59 Å². The zero-order valence-corrected chi connectivity index (χ0v) is 17.5. The SMILES string of the molecule is O=C(NCCN(CCO)CCO)c1ccc2[nH]c(-c3nc4cscc4[nH]c3=O)cc2c1. The van der Waals surface area contributed by atoms with Gasteiger partial charge in [0.2, 0.25) is 0 Å². The number of carbonyl (C=O) groups excluding carboxylic acids is 1. The van der Waals surface area contributed by atoms with Gasteiger partial charge in [-0.2, -0.15) is 0 Å². The molecule has 4 aromatic rings. The molecule has 162 valence electrons. The Morgan fingerprint density at radius 3 is 2.65 bits per heavy atom. The largest absolute Gasteiger partial charge is 0.395 e. The molecule has 0 radical (unpaired) electrons. The van der Waals surface area contributed by atoms with Crippen molar-refractivity contribution in [3.63, 3.8) is 0 Å². The first-order valence-corrected chi connectivity index (χ1v) is 10.8. The third-order valence-corrected chi connectivity index (χ3v) is 5.75. The molecule has 5 N–H and O–H groups in total. The molecule has 0 saturated carbocycles. The summed E-state index contributed by atoms with van der Waals surface area (Å²) in [5.74, 6) is -0.215. The van der Waals surface area contributed by atoms with Crippen LogP contribution in [0.1, 0.15) is 10.4 Å². The second kappa shape index (κ2) is 9.40. The van der Waals surface area contributed by atoms with Crippen LogP contribution in [0.3, 0.4) is 0 Å². The van der Waals surface area contributed by atoms with Crippen LogP contribution in [0.2, 0.25) is 0 Å². The van der Waals surface area contributed by atoms with Crippen molar-refractivity contribution < 1.29 is 15.0 Å². The number of aromatic amines is 2. The van der Waals surface area contributed by atoms with Crippen molar-refractivity contribution in [3.05, 3.63) is 50.9 Å². The monoisotopic (exact) mass is 441 g/mol. The highest BCUT2D eigenvalue weighted by Gasteiger charge is 2.13. The van der Waals surface area contributed by atoms with Gasteiger partial charge in [0, 0.05) is 53.4 Å². The summed E-state index contributed by atoms with van der Waals surface area (Å²) in [6.07, 6.45) is 0. The number of H-pyrrole nitrogens is 2. The number of thiophene rings is 1. The predicted molar refractivity (Wildman–Crippen MR) is 120 cm³/mol. The maximum Gasteiger partial charge on any atom is 0.276 e. The fraction of sp³-hybridized carbons (Fsp3) is 0.286. The Hall–Kier alpha value is -3.05. The summed E-state index contributed by atoms with van der Waals surface area (Å²) in [7, 11) is 0. The smallest absolute Gasteiger partial charge is 0.276 e. The van der Waals surface area contributed by atoms with E-state index in [1.807, 2.05) is 21.7 Å². The summed E-state index contributed by atoms with van der Waals surface area (Å²) in [4.78, 5) is 37.3. The number of fused-ring (bicyclic) bond motifs is 2. The van der Waals surface area contributed by atoms with E-state index in [1.54, 1.807) is 18.2 Å². The van der Waals surface area contributed by atoms with E-state index in [2.05, 4.69) is 20.3 Å². The predicted octanol–water partition coefficient (Wildman–Crippen LogP) is 1.15. The molecule has 0 spiro atoms. The summed E-state index contributed by atoms with van der Waals surface area (Å²) in [5, 5.41) is 25.5. The first-order chi connectivity index (χ1) is 15.1. The second-order valence-electron chi connectivity index (χ2n) is 7.12. The maximum atomic E-state index is 12.5. The molecule has 0 atom stereocenters. The Bertz CT molecular complexity index is 1260. The molecule has 0 aliphatic rings. The number of nitrogens with zero attached hydrogens (tertiary/aromatic N) is 2. The number of nitrogens with one attached hydrogen (secondary N) is 3. The zero-order valence-electron chi connectivity index (χ0n) is 16.7. The Labute approximate surface area is 181 Å². The molecule has 1 aromatic carbocycles. The van der Waals surface area contributed by atoms with E-state index >= 15 is 0 Å². The standard InChI is InChI=1S/C21H23N5O4S/c27-7-5-26(6-8-28)4-3-22-20(29)13-1-2-15-14(9-13)10-16(23-15)19-21(30)25-18-12-31-11-17(18)24-19/h1-2,9-12,23,27-28H,3-8H2,(H,22,29)(H,25,30). The van der Waals surface area contributed by atoms with Gasteiger partial charge in [-0.05, 0) is 24.3 Å². The summed E-state index contributed by atoms with van der Waals surface area (Å²) in [5.41, 5.74) is 3.37. The molecule has 10 heteroatoms. The molecule has 0 bridgehead atoms. The van der Waals surface area contributed by atoms with E-state index in [-0.39, 0.29) is 24.7 Å². The fourth-order valence-corrected chi connectivity index (χ4v) is 4.15. The van der Waals surface area contributed by atoms with Crippen LogP contribution in [-0.4, -0.2) is 75.4 Å². The first-order valence-electron chi connectivity index (χ1n) is 9.90. The molecule has 1 amide bonds. The van der Waals surface area contributed by atoms with Gasteiger partial charge in [-0.15, -0.1) is 11.3 Å². The fourth-order valence-electron chi connectivity index (χ4n) is 3.46. The van der Waals surface area contributed by atoms with Crippen LogP contribution in [0.4, 0.5) is 0 Å². The van der Waals surface area contributed by atoms with Crippen LogP contribution in [0.5, 0.6) is 0 Å². The van der Waals surface area contributed by atoms with Crippen LogP contribution in [0.25, 0.3) is 33.3 Å². The number of hydrogen-bond donors (Lipinski definition) is 5. The number of hydrogen-bond acceptors (Lipinski definition) is 7. The molecule has 0 unspecified atom stereocenters. The highest BCUT2D eigenvalue weighted by atomic mass is 32.1. The van der Waals surface area contributed by atoms with Crippen molar-refractivity contribution in [3.8, 4) is 11.4 Å². The number of rotatable bonds is 9. The van der Waals surface area contributed by atoms with E-state index in [4.69, 9.17) is 10.2 Å². The quantitative estimate of drug-likeness (QED) is 0.265. The molecule has 31 heavy (non-hydrogen) atoms. The highest BCUT2D eigenvalue weighted by molar-refractivity contribution is 7.09. The number of carbonyl (C=O) groups is 1. The molecule has 4 rings (SSSR count). The second-order valence-corrected chi connectivity index (χ2v) is 7.86. The van der Waals surface area contributed by atoms with Crippen molar-refractivity contribution in [2.24, 2.45) is 0 Å². The van der Waals surface area contributed by atoms with Gasteiger partial charge in [-0.25, -0.2) is 4.98 Å². The number of amides is 1. The lowest BCUT2D eigenvalue weighted by molar-refractivity contribution is 0.0944. The lowest BCUT2D eigenvalue weighted by Crippen LogP contribution is -2.37. The highest BCUT2D eigenvalue weighted by Crippen LogP contribution is 2.23. The molecular formula is C21H23N5O4S. The van der Waals surface area contributed by atoms with Gasteiger partial charge in [0.1, 0.15) is 0 Å². The van der Waals surface area contributed by atoms with Crippen LogP contribution < -0.4 is 10.9 Å². The maximum absolute atomic E-state index is 12.5. The molecule has 3 heterocycles. The molecule has 0 saturated heterocycles. The topological polar surface area (TPSA) is 134 Å². The molecular weight excluding hydrogens is 418 g/mol. The van der Waals surface area contributed by atoms with Crippen molar-refractivity contribution in [2.75, 3.05) is 39.4 Å². The summed E-state index contributed by atoms with van der Waals surface area (Å²) in [6.45, 7) is 1.81. The zero-order chi connectivity index (χ0) is 21.8. The van der Waals surface area contributed by atoms with Gasteiger partial charge in [-0.1, -0.05) is 0 Å². The van der Waals surface area contributed by atoms with E-state index in [0.717, 1.165) is 16.4 Å². The summed E-state index contributed by atoms with van der Waals surface area (Å²) >= 11 is 1.47. The Morgan fingerprint density at radius 2 is 1.87 bits per heavy atom. The van der Waals surface area contributed by atoms with E-state index < -0.39 is 0 Å². The van der Waals surface area contributed by atoms with Crippen LogP contribution >= 0.6 is 11.3 Å². The molecule has 0 aliphatic heterocycles. The average molecular weight is 442 g/mol. The summed E-state index contributed by atoms with van der Waals surface area (Å²) < 4.78 is 0. The van der Waals surface area contributed by atoms with Gasteiger partial charge in [0.25, 0.3) is 11.5 Å². The van der Waals surface area contributed by atoms with Crippen LogP contribution in [0.15, 0.2) is 39.8 Å². The minimum absolute atomic E-state index is 0.00251. The lowest BCUT2D eigenvalue weighted by atomic mass is 10.1. The third-order valence-electron chi connectivity index (χ3n) is 5.02. The molecule has 0 fully saturated rings. The minimum Gasteiger partial charge on any atom is -0.395 e. The number of benzene rings is 1. The number of aromatic nitrogens is 3.